The minimum Gasteiger partial charge on any atom is -0.475 e. The summed E-state index contributed by atoms with van der Waals surface area (Å²) in [5.41, 5.74) is 5.58. The zero-order valence-electron chi connectivity index (χ0n) is 21.3. The summed E-state index contributed by atoms with van der Waals surface area (Å²) in [6.07, 6.45) is -3.07. The van der Waals surface area contributed by atoms with Gasteiger partial charge in [-0.05, 0) is 42.9 Å². The number of hydrogen-bond acceptors (Lipinski definition) is 5. The zero-order valence-corrected chi connectivity index (χ0v) is 21.3. The number of fused-ring (bicyclic) bond motifs is 2. The number of nitriles is 1. The first-order chi connectivity index (χ1) is 19.1. The molecule has 3 aromatic carbocycles. The summed E-state index contributed by atoms with van der Waals surface area (Å²) in [4.78, 5) is 27.3. The number of aliphatic carboxylic acids is 1. The van der Waals surface area contributed by atoms with Crippen molar-refractivity contribution in [1.29, 1.82) is 5.26 Å². The SMILES string of the molecule is CNCCn1c(=O)c(-c2cn(Cc3ccc(C#N)cc3)c3ccccc23)nc2ccccc21.O=C(O)C(F)(F)F. The summed E-state index contributed by atoms with van der Waals surface area (Å²) in [6, 6.07) is 25.6. The highest BCUT2D eigenvalue weighted by atomic mass is 19.4. The molecule has 204 valence electrons. The number of benzene rings is 3. The number of halogens is 3. The van der Waals surface area contributed by atoms with E-state index in [1.54, 1.807) is 4.57 Å². The van der Waals surface area contributed by atoms with Gasteiger partial charge in [0.05, 0.1) is 22.7 Å². The number of rotatable bonds is 6. The molecule has 0 aliphatic heterocycles. The van der Waals surface area contributed by atoms with E-state index in [0.29, 0.717) is 30.9 Å². The second-order valence-corrected chi connectivity index (χ2v) is 8.81. The molecule has 5 rings (SSSR count). The molecule has 2 aromatic heterocycles. The van der Waals surface area contributed by atoms with Crippen LogP contribution in [-0.4, -0.2) is 45.0 Å². The van der Waals surface area contributed by atoms with E-state index in [4.69, 9.17) is 20.1 Å². The molecule has 2 heterocycles. The summed E-state index contributed by atoms with van der Waals surface area (Å²) in [5.74, 6) is -2.76. The van der Waals surface area contributed by atoms with E-state index in [1.807, 2.05) is 80.0 Å². The van der Waals surface area contributed by atoms with E-state index >= 15 is 0 Å². The fourth-order valence-electron chi connectivity index (χ4n) is 4.26. The van der Waals surface area contributed by atoms with Gasteiger partial charge >= 0.3 is 12.1 Å². The van der Waals surface area contributed by atoms with Crippen LogP contribution in [0.4, 0.5) is 13.2 Å². The van der Waals surface area contributed by atoms with Crippen LogP contribution in [0.5, 0.6) is 0 Å². The monoisotopic (exact) mass is 547 g/mol. The molecule has 0 saturated carbocycles. The molecule has 0 spiro atoms. The summed E-state index contributed by atoms with van der Waals surface area (Å²) >= 11 is 0. The van der Waals surface area contributed by atoms with Crippen molar-refractivity contribution in [1.82, 2.24) is 19.4 Å². The van der Waals surface area contributed by atoms with E-state index in [-0.39, 0.29) is 5.56 Å². The maximum Gasteiger partial charge on any atom is 0.490 e. The zero-order chi connectivity index (χ0) is 28.9. The summed E-state index contributed by atoms with van der Waals surface area (Å²) in [5, 5.41) is 20.3. The van der Waals surface area contributed by atoms with Crippen molar-refractivity contribution in [3.8, 4) is 17.3 Å². The summed E-state index contributed by atoms with van der Waals surface area (Å²) in [6.45, 7) is 1.89. The molecular weight excluding hydrogens is 523 g/mol. The Morgan fingerprint density at radius 3 is 2.27 bits per heavy atom. The van der Waals surface area contributed by atoms with Crippen LogP contribution in [0.25, 0.3) is 33.2 Å². The third-order valence-corrected chi connectivity index (χ3v) is 6.16. The normalized spacial score (nSPS) is 11.2. The molecule has 0 bridgehead atoms. The van der Waals surface area contributed by atoms with Crippen LogP contribution in [0.15, 0.2) is 83.8 Å². The Labute approximate surface area is 226 Å². The van der Waals surface area contributed by atoms with Crippen LogP contribution in [0, 0.1) is 11.3 Å². The number of nitrogens with one attached hydrogen (secondary N) is 1. The predicted octanol–water partition coefficient (Wildman–Crippen LogP) is 4.79. The Bertz CT molecular complexity index is 1770. The molecule has 0 radical (unpaired) electrons. The first-order valence-electron chi connectivity index (χ1n) is 12.2. The highest BCUT2D eigenvalue weighted by molar-refractivity contribution is 5.96. The van der Waals surface area contributed by atoms with Gasteiger partial charge in [-0.15, -0.1) is 0 Å². The van der Waals surface area contributed by atoms with Crippen molar-refractivity contribution >= 4 is 27.9 Å². The second kappa shape index (κ2) is 11.8. The number of hydrogen-bond donors (Lipinski definition) is 2. The van der Waals surface area contributed by atoms with Gasteiger partial charge in [0.15, 0.2) is 0 Å². The van der Waals surface area contributed by atoms with Gasteiger partial charge < -0.3 is 19.6 Å². The van der Waals surface area contributed by atoms with Crippen molar-refractivity contribution in [3.05, 3.63) is 100 Å². The van der Waals surface area contributed by atoms with Crippen LogP contribution < -0.4 is 10.9 Å². The maximum atomic E-state index is 13.6. The largest absolute Gasteiger partial charge is 0.490 e. The molecule has 0 saturated heterocycles. The Kier molecular flexibility index (Phi) is 8.31. The van der Waals surface area contributed by atoms with E-state index < -0.39 is 12.1 Å². The third kappa shape index (κ3) is 6.03. The summed E-state index contributed by atoms with van der Waals surface area (Å²) < 4.78 is 35.7. The van der Waals surface area contributed by atoms with Gasteiger partial charge in [0.25, 0.3) is 5.56 Å². The van der Waals surface area contributed by atoms with Crippen molar-refractivity contribution in [2.24, 2.45) is 0 Å². The molecule has 11 heteroatoms. The molecular formula is C29H24F3N5O3. The predicted molar refractivity (Wildman–Crippen MR) is 145 cm³/mol. The Balaban J connectivity index is 0.000000470. The van der Waals surface area contributed by atoms with Crippen LogP contribution in [0.2, 0.25) is 0 Å². The molecule has 0 fully saturated rings. The number of carboxylic acids is 1. The smallest absolute Gasteiger partial charge is 0.475 e. The minimum atomic E-state index is -5.08. The maximum absolute atomic E-state index is 13.6. The molecule has 0 aliphatic carbocycles. The third-order valence-electron chi connectivity index (χ3n) is 6.16. The number of alkyl halides is 3. The Hall–Kier alpha value is -4.95. The second-order valence-electron chi connectivity index (χ2n) is 8.81. The van der Waals surface area contributed by atoms with Crippen LogP contribution in [0.3, 0.4) is 0 Å². The molecule has 0 aliphatic rings. The standard InChI is InChI=1S/C27H23N5O.C2HF3O2/c1-29-14-15-32-25-9-5-3-7-23(25)30-26(27(32)33)22-18-31(24-8-4-2-6-21(22)24)17-20-12-10-19(16-28)11-13-20;3-2(4,5)1(6)7/h2-13,18,29H,14-15,17H2,1H3;(H,6,7). The van der Waals surface area contributed by atoms with E-state index in [9.17, 15) is 18.0 Å². The lowest BCUT2D eigenvalue weighted by atomic mass is 10.1. The molecule has 5 aromatic rings. The van der Waals surface area contributed by atoms with Crippen LogP contribution in [0.1, 0.15) is 11.1 Å². The lowest BCUT2D eigenvalue weighted by Gasteiger charge is -2.12. The quantitative estimate of drug-likeness (QED) is 0.316. The number of carbonyl (C=O) groups is 1. The summed E-state index contributed by atoms with van der Waals surface area (Å²) in [7, 11) is 1.88. The van der Waals surface area contributed by atoms with Crippen molar-refractivity contribution in [2.75, 3.05) is 13.6 Å². The minimum absolute atomic E-state index is 0.0924. The van der Waals surface area contributed by atoms with Crippen molar-refractivity contribution < 1.29 is 23.1 Å². The number of likely N-dealkylation sites (N-methyl/N-ethyl adjacent to an activating group) is 1. The Morgan fingerprint density at radius 1 is 1.02 bits per heavy atom. The fraction of sp³-hybridized carbons (Fsp3) is 0.172. The molecule has 0 unspecified atom stereocenters. The molecule has 8 nitrogen and oxygen atoms in total. The van der Waals surface area contributed by atoms with Crippen molar-refractivity contribution in [2.45, 2.75) is 19.3 Å². The van der Waals surface area contributed by atoms with Gasteiger partial charge in [0.2, 0.25) is 0 Å². The van der Waals surface area contributed by atoms with E-state index in [1.165, 1.54) is 0 Å². The van der Waals surface area contributed by atoms with Crippen molar-refractivity contribution in [3.63, 3.8) is 0 Å². The highest BCUT2D eigenvalue weighted by Gasteiger charge is 2.38. The molecule has 2 N–H and O–H groups in total. The van der Waals surface area contributed by atoms with E-state index in [2.05, 4.69) is 22.0 Å². The fourth-order valence-corrected chi connectivity index (χ4v) is 4.26. The number of carboxylic acid groups (broad SMARTS) is 1. The number of nitrogens with zero attached hydrogens (tertiary/aromatic N) is 4. The van der Waals surface area contributed by atoms with Gasteiger partial charge in [-0.2, -0.15) is 18.4 Å². The van der Waals surface area contributed by atoms with E-state index in [0.717, 1.165) is 33.1 Å². The van der Waals surface area contributed by atoms with Crippen LogP contribution in [-0.2, 0) is 17.9 Å². The lowest BCUT2D eigenvalue weighted by Crippen LogP contribution is -2.27. The van der Waals surface area contributed by atoms with Crippen LogP contribution >= 0.6 is 0 Å². The van der Waals surface area contributed by atoms with Gasteiger partial charge in [0.1, 0.15) is 5.69 Å². The average Bonchev–Trinajstić information content (AvgIpc) is 3.30. The number of para-hydroxylation sites is 3. The average molecular weight is 548 g/mol. The first kappa shape index (κ1) is 28.1. The first-order valence-corrected chi connectivity index (χ1v) is 12.2. The molecule has 0 atom stereocenters. The van der Waals surface area contributed by atoms with Gasteiger partial charge in [-0.25, -0.2) is 9.78 Å². The molecule has 40 heavy (non-hydrogen) atoms. The Morgan fingerprint density at radius 2 is 1.65 bits per heavy atom. The van der Waals surface area contributed by atoms with Gasteiger partial charge in [-0.1, -0.05) is 42.5 Å². The molecule has 0 amide bonds. The topological polar surface area (TPSA) is 113 Å². The highest BCUT2D eigenvalue weighted by Crippen LogP contribution is 2.29. The number of aromatic nitrogens is 3. The van der Waals surface area contributed by atoms with Gasteiger partial charge in [-0.3, -0.25) is 4.79 Å². The lowest BCUT2D eigenvalue weighted by molar-refractivity contribution is -0.192. The van der Waals surface area contributed by atoms with Gasteiger partial charge in [0, 0.05) is 42.3 Å².